The molecule has 1 amide bonds. The van der Waals surface area contributed by atoms with Crippen molar-refractivity contribution in [2.45, 2.75) is 27.7 Å². The van der Waals surface area contributed by atoms with Gasteiger partial charge in [-0.15, -0.1) is 11.3 Å². The van der Waals surface area contributed by atoms with Crippen molar-refractivity contribution in [3.63, 3.8) is 0 Å². The Hall–Kier alpha value is -1.62. The molecule has 17 heavy (non-hydrogen) atoms. The predicted molar refractivity (Wildman–Crippen MR) is 69.8 cm³/mol. The monoisotopic (exact) mass is 249 g/mol. The highest BCUT2D eigenvalue weighted by Gasteiger charge is 2.15. The van der Waals surface area contributed by atoms with Gasteiger partial charge in [-0.3, -0.25) is 9.89 Å². The number of aromatic amines is 1. The van der Waals surface area contributed by atoms with E-state index in [9.17, 15) is 4.79 Å². The Kier molecular flexibility index (Phi) is 3.02. The van der Waals surface area contributed by atoms with Gasteiger partial charge in [0, 0.05) is 9.75 Å². The summed E-state index contributed by atoms with van der Waals surface area (Å²) in [5.41, 5.74) is 3.20. The third-order valence-electron chi connectivity index (χ3n) is 2.65. The fourth-order valence-electron chi connectivity index (χ4n) is 1.77. The molecule has 0 aliphatic carbocycles. The average molecular weight is 249 g/mol. The minimum atomic E-state index is -0.0700. The van der Waals surface area contributed by atoms with Crippen LogP contribution < -0.4 is 5.32 Å². The summed E-state index contributed by atoms with van der Waals surface area (Å²) in [5.74, 6) is -0.0700. The number of thiophene rings is 1. The van der Waals surface area contributed by atoms with Crippen molar-refractivity contribution in [1.29, 1.82) is 0 Å². The van der Waals surface area contributed by atoms with Gasteiger partial charge in [0.25, 0.3) is 5.91 Å². The number of hydrogen-bond acceptors (Lipinski definition) is 3. The molecule has 90 valence electrons. The third kappa shape index (κ3) is 2.24. The van der Waals surface area contributed by atoms with E-state index in [0.29, 0.717) is 0 Å². The van der Waals surface area contributed by atoms with E-state index < -0.39 is 0 Å². The van der Waals surface area contributed by atoms with Gasteiger partial charge in [0.15, 0.2) is 0 Å². The second-order valence-corrected chi connectivity index (χ2v) is 5.55. The van der Waals surface area contributed by atoms with Gasteiger partial charge in [0.05, 0.1) is 22.6 Å². The van der Waals surface area contributed by atoms with Crippen molar-refractivity contribution in [3.8, 4) is 0 Å². The summed E-state index contributed by atoms with van der Waals surface area (Å²) in [6, 6.07) is 1.92. The molecule has 2 heterocycles. The normalized spacial score (nSPS) is 10.6. The molecule has 0 saturated carbocycles. The van der Waals surface area contributed by atoms with Crippen LogP contribution in [0.25, 0.3) is 0 Å². The lowest BCUT2D eigenvalue weighted by molar-refractivity contribution is 0.102. The van der Waals surface area contributed by atoms with Crippen LogP contribution in [0.3, 0.4) is 0 Å². The van der Waals surface area contributed by atoms with Crippen LogP contribution in [0.15, 0.2) is 6.07 Å². The Bertz CT molecular complexity index is 549. The van der Waals surface area contributed by atoms with Gasteiger partial charge in [-0.1, -0.05) is 0 Å². The summed E-state index contributed by atoms with van der Waals surface area (Å²) in [6.07, 6.45) is 0. The predicted octanol–water partition coefficient (Wildman–Crippen LogP) is 2.96. The van der Waals surface area contributed by atoms with E-state index in [1.807, 2.05) is 33.8 Å². The molecule has 0 unspecified atom stereocenters. The molecule has 0 aliphatic rings. The van der Waals surface area contributed by atoms with E-state index in [4.69, 9.17) is 0 Å². The maximum absolute atomic E-state index is 12.1. The fraction of sp³-hybridized carbons (Fsp3) is 0.333. The maximum atomic E-state index is 12.1. The Morgan fingerprint density at radius 3 is 2.53 bits per heavy atom. The van der Waals surface area contributed by atoms with Crippen LogP contribution in [-0.4, -0.2) is 16.1 Å². The first-order chi connectivity index (χ1) is 7.99. The zero-order valence-corrected chi connectivity index (χ0v) is 11.2. The minimum absolute atomic E-state index is 0.0700. The topological polar surface area (TPSA) is 57.8 Å². The van der Waals surface area contributed by atoms with Crippen molar-refractivity contribution in [1.82, 2.24) is 10.2 Å². The van der Waals surface area contributed by atoms with Gasteiger partial charge in [0.2, 0.25) is 0 Å². The molecule has 5 heteroatoms. The highest BCUT2D eigenvalue weighted by atomic mass is 32.1. The van der Waals surface area contributed by atoms with Crippen molar-refractivity contribution in [3.05, 3.63) is 32.8 Å². The van der Waals surface area contributed by atoms with Crippen LogP contribution in [0.1, 0.15) is 31.5 Å². The number of nitrogens with zero attached hydrogens (tertiary/aromatic N) is 1. The summed E-state index contributed by atoms with van der Waals surface area (Å²) < 4.78 is 0. The molecule has 4 nitrogen and oxygen atoms in total. The lowest BCUT2D eigenvalue weighted by Gasteiger charge is -2.04. The first kappa shape index (κ1) is 11.9. The van der Waals surface area contributed by atoms with E-state index >= 15 is 0 Å². The van der Waals surface area contributed by atoms with Crippen LogP contribution in [0.2, 0.25) is 0 Å². The molecule has 0 atom stereocenters. The maximum Gasteiger partial charge on any atom is 0.256 e. The number of H-pyrrole nitrogens is 1. The average Bonchev–Trinajstić information content (AvgIpc) is 2.74. The molecule has 2 aromatic heterocycles. The van der Waals surface area contributed by atoms with Crippen molar-refractivity contribution < 1.29 is 4.79 Å². The zero-order valence-electron chi connectivity index (χ0n) is 10.3. The Labute approximate surface area is 104 Å². The van der Waals surface area contributed by atoms with Crippen LogP contribution in [0.4, 0.5) is 5.69 Å². The fourth-order valence-corrected chi connectivity index (χ4v) is 2.69. The smallest absolute Gasteiger partial charge is 0.256 e. The van der Waals surface area contributed by atoms with Gasteiger partial charge < -0.3 is 5.32 Å². The first-order valence-electron chi connectivity index (χ1n) is 5.39. The number of carbonyl (C=O) groups excluding carboxylic acids is 1. The summed E-state index contributed by atoms with van der Waals surface area (Å²) >= 11 is 1.63. The quantitative estimate of drug-likeness (QED) is 0.859. The number of nitrogens with one attached hydrogen (secondary N) is 2. The van der Waals surface area contributed by atoms with Gasteiger partial charge in [-0.2, -0.15) is 5.10 Å². The molecule has 2 aromatic rings. The summed E-state index contributed by atoms with van der Waals surface area (Å²) in [5, 5.41) is 9.81. The minimum Gasteiger partial charge on any atom is -0.319 e. The molecule has 2 rings (SSSR count). The van der Waals surface area contributed by atoms with Crippen LogP contribution in [0, 0.1) is 27.7 Å². The third-order valence-corrected chi connectivity index (χ3v) is 3.62. The molecular weight excluding hydrogens is 234 g/mol. The largest absolute Gasteiger partial charge is 0.319 e. The van der Waals surface area contributed by atoms with Crippen molar-refractivity contribution in [2.75, 3.05) is 5.32 Å². The molecule has 0 aliphatic heterocycles. The lowest BCUT2D eigenvalue weighted by Crippen LogP contribution is -2.13. The van der Waals surface area contributed by atoms with Crippen molar-refractivity contribution >= 4 is 22.9 Å². The summed E-state index contributed by atoms with van der Waals surface area (Å²) in [4.78, 5) is 14.3. The second-order valence-electron chi connectivity index (χ2n) is 4.09. The highest BCUT2D eigenvalue weighted by Crippen LogP contribution is 2.23. The van der Waals surface area contributed by atoms with E-state index in [2.05, 4.69) is 15.5 Å². The van der Waals surface area contributed by atoms with Gasteiger partial charge in [0.1, 0.15) is 0 Å². The van der Waals surface area contributed by atoms with E-state index in [0.717, 1.165) is 32.4 Å². The molecule has 0 aromatic carbocycles. The van der Waals surface area contributed by atoms with E-state index in [-0.39, 0.29) is 5.91 Å². The number of aromatic nitrogens is 2. The number of aryl methyl sites for hydroxylation is 4. The van der Waals surface area contributed by atoms with Crippen LogP contribution in [-0.2, 0) is 0 Å². The number of carbonyl (C=O) groups is 1. The molecule has 0 fully saturated rings. The molecule has 0 spiro atoms. The van der Waals surface area contributed by atoms with Gasteiger partial charge in [-0.25, -0.2) is 0 Å². The van der Waals surface area contributed by atoms with Crippen LogP contribution >= 0.6 is 11.3 Å². The molecular formula is C12H15N3OS. The molecule has 0 saturated heterocycles. The van der Waals surface area contributed by atoms with E-state index in [1.165, 1.54) is 0 Å². The molecule has 0 bridgehead atoms. The first-order valence-corrected chi connectivity index (χ1v) is 6.20. The van der Waals surface area contributed by atoms with Gasteiger partial charge >= 0.3 is 0 Å². The second kappa shape index (κ2) is 4.33. The zero-order chi connectivity index (χ0) is 12.6. The number of hydrogen-bond donors (Lipinski definition) is 2. The SMILES string of the molecule is Cc1cc(C(=O)Nc2c(C)n[nH]c2C)c(C)s1. The number of amides is 1. The van der Waals surface area contributed by atoms with Crippen LogP contribution in [0.5, 0.6) is 0 Å². The lowest BCUT2D eigenvalue weighted by atomic mass is 10.2. The van der Waals surface area contributed by atoms with E-state index in [1.54, 1.807) is 11.3 Å². The number of anilines is 1. The summed E-state index contributed by atoms with van der Waals surface area (Å²) in [7, 11) is 0. The Balaban J connectivity index is 2.26. The van der Waals surface area contributed by atoms with Crippen molar-refractivity contribution in [2.24, 2.45) is 0 Å². The Morgan fingerprint density at radius 2 is 2.06 bits per heavy atom. The Morgan fingerprint density at radius 1 is 1.35 bits per heavy atom. The summed E-state index contributed by atoms with van der Waals surface area (Å²) in [6.45, 7) is 7.72. The highest BCUT2D eigenvalue weighted by molar-refractivity contribution is 7.12. The standard InChI is InChI=1S/C12H15N3OS/c1-6-5-10(9(4)17-6)12(16)13-11-7(2)14-15-8(11)3/h5H,1-4H3,(H,13,16)(H,14,15). The number of rotatable bonds is 2. The molecule has 2 N–H and O–H groups in total. The molecule has 0 radical (unpaired) electrons. The van der Waals surface area contributed by atoms with Gasteiger partial charge in [-0.05, 0) is 33.8 Å².